The fourth-order valence-electron chi connectivity index (χ4n) is 8.33. The molecule has 14 heteroatoms. The summed E-state index contributed by atoms with van der Waals surface area (Å²) >= 11 is 0. The van der Waals surface area contributed by atoms with Crippen LogP contribution in [0.2, 0.25) is 0 Å². The SMILES string of the molecule is CC/C=C\C/C=C\C/C=C\C/C=C\CCCCCCCCC(=O)OC(COCCCCCCCC/C=C\CCCCCCCCC)COC1OC(COC2OC(CO)C(O)C(O)C2O)C(O)C(O)C1O. The standard InChI is InChI=1S/C56H98O14/c1-3-5-7-9-11-13-15-17-19-21-22-23-25-27-29-31-33-35-37-39-48(58)68-45(42-65-40-38-36-34-32-30-28-26-24-20-18-16-14-12-10-8-6-4-2)43-66-55-54(64)52(62)50(60)47(70-55)44-67-56-53(63)51(61)49(59)46(41-57)69-56/h5,7,11,13,17,19-20,22-24,45-47,49-57,59-64H,3-4,6,8-10,12,14-16,18,21,25-44H2,1-2H3/b7-5-,13-11-,19-17-,23-22-,24-20-. The van der Waals surface area contributed by atoms with Crippen LogP contribution in [-0.4, -0.2) is 142 Å². The highest BCUT2D eigenvalue weighted by atomic mass is 16.7. The molecule has 7 N–H and O–H groups in total. The van der Waals surface area contributed by atoms with Crippen LogP contribution >= 0.6 is 0 Å². The van der Waals surface area contributed by atoms with Gasteiger partial charge in [0.1, 0.15) is 54.9 Å². The topological polar surface area (TPSA) is 214 Å². The van der Waals surface area contributed by atoms with E-state index in [9.17, 15) is 40.5 Å². The molecule has 0 radical (unpaired) electrons. The molecule has 2 fully saturated rings. The first-order valence-corrected chi connectivity index (χ1v) is 27.4. The number of aliphatic hydroxyl groups excluding tert-OH is 7. The smallest absolute Gasteiger partial charge is 0.306 e. The lowest BCUT2D eigenvalue weighted by atomic mass is 9.98. The molecule has 2 rings (SSSR count). The number of hydrogen-bond donors (Lipinski definition) is 7. The van der Waals surface area contributed by atoms with Crippen LogP contribution in [0, 0.1) is 0 Å². The lowest BCUT2D eigenvalue weighted by molar-refractivity contribution is -0.332. The van der Waals surface area contributed by atoms with E-state index in [1.54, 1.807) is 0 Å². The summed E-state index contributed by atoms with van der Waals surface area (Å²) in [5.74, 6) is -0.393. The second-order valence-corrected chi connectivity index (χ2v) is 19.0. The Morgan fingerprint density at radius 3 is 1.47 bits per heavy atom. The van der Waals surface area contributed by atoms with Crippen LogP contribution in [0.4, 0.5) is 0 Å². The van der Waals surface area contributed by atoms with Gasteiger partial charge in [0.05, 0.1) is 26.4 Å². The Bertz CT molecular complexity index is 1390. The van der Waals surface area contributed by atoms with Gasteiger partial charge in [-0.2, -0.15) is 0 Å². The number of aliphatic hydroxyl groups is 7. The third kappa shape index (κ3) is 30.0. The molecule has 14 nitrogen and oxygen atoms in total. The van der Waals surface area contributed by atoms with Gasteiger partial charge in [-0.1, -0.05) is 164 Å². The van der Waals surface area contributed by atoms with Crippen molar-refractivity contribution >= 4 is 5.97 Å². The van der Waals surface area contributed by atoms with Crippen molar-refractivity contribution in [1.82, 2.24) is 0 Å². The van der Waals surface area contributed by atoms with Crippen molar-refractivity contribution in [2.24, 2.45) is 0 Å². The summed E-state index contributed by atoms with van der Waals surface area (Å²) in [7, 11) is 0. The van der Waals surface area contributed by atoms with Gasteiger partial charge >= 0.3 is 5.97 Å². The molecular weight excluding hydrogens is 897 g/mol. The number of hydrogen-bond acceptors (Lipinski definition) is 14. The molecule has 11 atom stereocenters. The molecule has 2 saturated heterocycles. The van der Waals surface area contributed by atoms with Crippen LogP contribution < -0.4 is 0 Å². The van der Waals surface area contributed by atoms with Crippen molar-refractivity contribution < 1.29 is 69.0 Å². The Morgan fingerprint density at radius 1 is 0.486 bits per heavy atom. The zero-order valence-corrected chi connectivity index (χ0v) is 43.2. The molecule has 2 aliphatic heterocycles. The van der Waals surface area contributed by atoms with Crippen molar-refractivity contribution in [2.45, 2.75) is 255 Å². The molecule has 0 aliphatic carbocycles. The number of rotatable bonds is 43. The van der Waals surface area contributed by atoms with Crippen molar-refractivity contribution in [2.75, 3.05) is 33.0 Å². The van der Waals surface area contributed by atoms with Crippen LogP contribution in [-0.2, 0) is 33.2 Å². The van der Waals surface area contributed by atoms with Crippen molar-refractivity contribution in [3.63, 3.8) is 0 Å². The molecule has 2 aliphatic rings. The molecular formula is C56H98O14. The number of esters is 1. The summed E-state index contributed by atoms with van der Waals surface area (Å²) < 4.78 is 34.3. The third-order valence-corrected chi connectivity index (χ3v) is 12.8. The second-order valence-electron chi connectivity index (χ2n) is 19.0. The first-order chi connectivity index (χ1) is 34.1. The predicted octanol–water partition coefficient (Wildman–Crippen LogP) is 8.91. The van der Waals surface area contributed by atoms with Gasteiger partial charge in [0, 0.05) is 13.0 Å². The summed E-state index contributed by atoms with van der Waals surface area (Å²) in [6, 6.07) is 0. The Balaban J connectivity index is 1.76. The summed E-state index contributed by atoms with van der Waals surface area (Å²) in [6.45, 7) is 3.54. The third-order valence-electron chi connectivity index (χ3n) is 12.8. The number of ether oxygens (including phenoxy) is 6. The highest BCUT2D eigenvalue weighted by Crippen LogP contribution is 2.26. The molecule has 0 aromatic heterocycles. The van der Waals surface area contributed by atoms with Crippen LogP contribution in [0.15, 0.2) is 60.8 Å². The van der Waals surface area contributed by atoms with Crippen molar-refractivity contribution in [3.8, 4) is 0 Å². The van der Waals surface area contributed by atoms with Gasteiger partial charge in [0.2, 0.25) is 0 Å². The largest absolute Gasteiger partial charge is 0.457 e. The van der Waals surface area contributed by atoms with E-state index in [0.717, 1.165) is 89.9 Å². The first-order valence-electron chi connectivity index (χ1n) is 27.4. The lowest BCUT2D eigenvalue weighted by Crippen LogP contribution is -2.61. The molecule has 0 amide bonds. The maximum atomic E-state index is 13.0. The minimum Gasteiger partial charge on any atom is -0.457 e. The summed E-state index contributed by atoms with van der Waals surface area (Å²) in [4.78, 5) is 13.0. The minimum absolute atomic E-state index is 0.0495. The average molecular weight is 995 g/mol. The van der Waals surface area contributed by atoms with E-state index in [1.807, 2.05) is 0 Å². The lowest BCUT2D eigenvalue weighted by Gasteiger charge is -2.42. The van der Waals surface area contributed by atoms with E-state index < -0.39 is 86.7 Å². The molecule has 406 valence electrons. The molecule has 0 aromatic rings. The van der Waals surface area contributed by atoms with Crippen LogP contribution in [0.1, 0.15) is 187 Å². The molecule has 0 saturated carbocycles. The number of carbonyl (C=O) groups excluding carboxylic acids is 1. The Kier molecular flexibility index (Phi) is 39.3. The maximum absolute atomic E-state index is 13.0. The molecule has 0 spiro atoms. The van der Waals surface area contributed by atoms with E-state index in [1.165, 1.54) is 70.6 Å². The van der Waals surface area contributed by atoms with Gasteiger partial charge in [-0.3, -0.25) is 4.79 Å². The predicted molar refractivity (Wildman–Crippen MR) is 275 cm³/mol. The summed E-state index contributed by atoms with van der Waals surface area (Å²) in [6.07, 6.45) is 35.6. The number of unbranched alkanes of at least 4 members (excludes halogenated alkanes) is 19. The number of carbonyl (C=O) groups is 1. The number of allylic oxidation sites excluding steroid dienone is 10. The van der Waals surface area contributed by atoms with Gasteiger partial charge in [-0.05, 0) is 77.0 Å². The van der Waals surface area contributed by atoms with E-state index in [4.69, 9.17) is 28.4 Å². The van der Waals surface area contributed by atoms with E-state index >= 15 is 0 Å². The molecule has 0 aromatic carbocycles. The zero-order valence-electron chi connectivity index (χ0n) is 43.2. The van der Waals surface area contributed by atoms with Crippen molar-refractivity contribution in [3.05, 3.63) is 60.8 Å². The fourth-order valence-corrected chi connectivity index (χ4v) is 8.33. The maximum Gasteiger partial charge on any atom is 0.306 e. The van der Waals surface area contributed by atoms with Crippen LogP contribution in [0.5, 0.6) is 0 Å². The van der Waals surface area contributed by atoms with E-state index in [-0.39, 0.29) is 19.6 Å². The van der Waals surface area contributed by atoms with Crippen molar-refractivity contribution in [1.29, 1.82) is 0 Å². The van der Waals surface area contributed by atoms with Crippen LogP contribution in [0.3, 0.4) is 0 Å². The fraction of sp³-hybridized carbons (Fsp3) is 0.804. The molecule has 11 unspecified atom stereocenters. The molecule has 2 heterocycles. The van der Waals surface area contributed by atoms with Gasteiger partial charge in [0.25, 0.3) is 0 Å². The minimum atomic E-state index is -1.71. The Hall–Kier alpha value is -2.31. The van der Waals surface area contributed by atoms with Gasteiger partial charge in [0.15, 0.2) is 12.6 Å². The highest BCUT2D eigenvalue weighted by molar-refractivity contribution is 5.69. The molecule has 70 heavy (non-hydrogen) atoms. The highest BCUT2D eigenvalue weighted by Gasteiger charge is 2.47. The Morgan fingerprint density at radius 2 is 0.929 bits per heavy atom. The monoisotopic (exact) mass is 995 g/mol. The summed E-state index contributed by atoms with van der Waals surface area (Å²) in [5, 5.41) is 72.2. The van der Waals surface area contributed by atoms with Gasteiger partial charge < -0.3 is 64.2 Å². The molecule has 0 bridgehead atoms. The van der Waals surface area contributed by atoms with Gasteiger partial charge in [-0.25, -0.2) is 0 Å². The zero-order chi connectivity index (χ0) is 50.9. The van der Waals surface area contributed by atoms with E-state index in [0.29, 0.717) is 13.0 Å². The average Bonchev–Trinajstić information content (AvgIpc) is 3.36. The first kappa shape index (κ1) is 63.8. The second kappa shape index (κ2) is 43.1. The normalized spacial score (nSPS) is 26.0. The van der Waals surface area contributed by atoms with Gasteiger partial charge in [-0.15, -0.1) is 0 Å². The Labute approximate surface area is 422 Å². The quantitative estimate of drug-likeness (QED) is 0.0173. The summed E-state index contributed by atoms with van der Waals surface area (Å²) in [5.41, 5.74) is 0. The van der Waals surface area contributed by atoms with E-state index in [2.05, 4.69) is 74.6 Å². The van der Waals surface area contributed by atoms with Crippen LogP contribution in [0.25, 0.3) is 0 Å².